The van der Waals surface area contributed by atoms with Crippen LogP contribution in [-0.4, -0.2) is 39.2 Å². The molecule has 1 aromatic heterocycles. The summed E-state index contributed by atoms with van der Waals surface area (Å²) >= 11 is 0. The lowest BCUT2D eigenvalue weighted by atomic mass is 9.96. The standard InChI is InChI=1S/C23H24N4O2/c24-23(29)21(28)13-16-6-7-17-8-10-27(15-20(17)12-16)11-9-19-14-25-26-22(19)18-4-2-1-3-5-18/h1-7,12-14,28H,8-11,15H2,(H2,24,29)(H,25,26). The van der Waals surface area contributed by atoms with Crippen molar-refractivity contribution in [3.8, 4) is 11.3 Å². The predicted octanol–water partition coefficient (Wildman–Crippen LogP) is 3.06. The van der Waals surface area contributed by atoms with Crippen LogP contribution in [-0.2, 0) is 24.2 Å². The zero-order valence-corrected chi connectivity index (χ0v) is 16.1. The number of nitrogens with one attached hydrogen (secondary N) is 1. The maximum atomic E-state index is 11.1. The SMILES string of the molecule is NC(=O)C(O)=Cc1ccc2c(c1)CN(CCc1cn[nH]c1-c1ccccc1)CC2. The van der Waals surface area contributed by atoms with Gasteiger partial charge in [-0.25, -0.2) is 0 Å². The second-order valence-corrected chi connectivity index (χ2v) is 7.33. The molecule has 0 spiro atoms. The van der Waals surface area contributed by atoms with E-state index < -0.39 is 11.7 Å². The third-order valence-corrected chi connectivity index (χ3v) is 5.36. The van der Waals surface area contributed by atoms with Crippen LogP contribution in [0.25, 0.3) is 17.3 Å². The summed E-state index contributed by atoms with van der Waals surface area (Å²) in [6.45, 7) is 2.78. The summed E-state index contributed by atoms with van der Waals surface area (Å²) in [4.78, 5) is 13.5. The summed E-state index contributed by atoms with van der Waals surface area (Å²) < 4.78 is 0. The maximum absolute atomic E-state index is 11.1. The average molecular weight is 388 g/mol. The number of rotatable bonds is 6. The van der Waals surface area contributed by atoms with Crippen molar-refractivity contribution in [1.82, 2.24) is 15.1 Å². The number of benzene rings is 2. The van der Waals surface area contributed by atoms with Crippen LogP contribution in [0.15, 0.2) is 60.5 Å². The molecule has 1 aliphatic heterocycles. The summed E-state index contributed by atoms with van der Waals surface area (Å²) in [5.41, 5.74) is 11.9. The lowest BCUT2D eigenvalue weighted by molar-refractivity contribution is -0.116. The number of aliphatic hydroxyl groups excluding tert-OH is 1. The van der Waals surface area contributed by atoms with E-state index in [-0.39, 0.29) is 0 Å². The Labute approximate surface area is 169 Å². The van der Waals surface area contributed by atoms with Crippen LogP contribution < -0.4 is 5.73 Å². The van der Waals surface area contributed by atoms with E-state index in [0.717, 1.165) is 49.3 Å². The second kappa shape index (κ2) is 8.32. The fourth-order valence-corrected chi connectivity index (χ4v) is 3.78. The predicted molar refractivity (Wildman–Crippen MR) is 113 cm³/mol. The van der Waals surface area contributed by atoms with Gasteiger partial charge in [-0.05, 0) is 46.7 Å². The molecule has 1 amide bonds. The van der Waals surface area contributed by atoms with Crippen LogP contribution in [0.2, 0.25) is 0 Å². The van der Waals surface area contributed by atoms with Gasteiger partial charge in [-0.2, -0.15) is 5.10 Å². The summed E-state index contributed by atoms with van der Waals surface area (Å²) in [7, 11) is 0. The number of primary amides is 1. The van der Waals surface area contributed by atoms with Gasteiger partial charge in [-0.1, -0.05) is 48.5 Å². The molecule has 0 saturated carbocycles. The fourth-order valence-electron chi connectivity index (χ4n) is 3.78. The molecule has 0 radical (unpaired) electrons. The van der Waals surface area contributed by atoms with E-state index in [1.807, 2.05) is 36.5 Å². The Hall–Kier alpha value is -3.38. The Morgan fingerprint density at radius 3 is 2.83 bits per heavy atom. The Bertz CT molecular complexity index is 1040. The number of carbonyl (C=O) groups is 1. The molecule has 2 heterocycles. The van der Waals surface area contributed by atoms with Gasteiger partial charge in [0.25, 0.3) is 5.91 Å². The van der Waals surface area contributed by atoms with Gasteiger partial charge < -0.3 is 10.8 Å². The first kappa shape index (κ1) is 19.0. The summed E-state index contributed by atoms with van der Waals surface area (Å²) in [6, 6.07) is 16.2. The minimum absolute atomic E-state index is 0.425. The smallest absolute Gasteiger partial charge is 0.283 e. The largest absolute Gasteiger partial charge is 0.503 e. The van der Waals surface area contributed by atoms with E-state index in [1.165, 1.54) is 22.8 Å². The van der Waals surface area contributed by atoms with Crippen molar-refractivity contribution >= 4 is 12.0 Å². The molecule has 0 unspecified atom stereocenters. The van der Waals surface area contributed by atoms with Gasteiger partial charge in [0.2, 0.25) is 0 Å². The zero-order chi connectivity index (χ0) is 20.2. The van der Waals surface area contributed by atoms with E-state index in [9.17, 15) is 9.90 Å². The Kier molecular flexibility index (Phi) is 5.44. The summed E-state index contributed by atoms with van der Waals surface area (Å²) in [5, 5.41) is 17.0. The zero-order valence-electron chi connectivity index (χ0n) is 16.1. The first-order valence-corrected chi connectivity index (χ1v) is 9.72. The van der Waals surface area contributed by atoms with Crippen LogP contribution in [0.5, 0.6) is 0 Å². The fraction of sp³-hybridized carbons (Fsp3) is 0.217. The van der Waals surface area contributed by atoms with Crippen molar-refractivity contribution in [1.29, 1.82) is 0 Å². The summed E-state index contributed by atoms with van der Waals surface area (Å²) in [6.07, 6.45) is 5.23. The molecule has 4 N–H and O–H groups in total. The molecule has 6 nitrogen and oxygen atoms in total. The average Bonchev–Trinajstić information content (AvgIpc) is 3.21. The van der Waals surface area contributed by atoms with Crippen molar-refractivity contribution in [2.45, 2.75) is 19.4 Å². The third kappa shape index (κ3) is 4.38. The molecule has 0 saturated heterocycles. The van der Waals surface area contributed by atoms with Crippen LogP contribution in [0.1, 0.15) is 22.3 Å². The molecule has 1 aliphatic rings. The highest BCUT2D eigenvalue weighted by atomic mass is 16.3. The molecule has 29 heavy (non-hydrogen) atoms. The van der Waals surface area contributed by atoms with Gasteiger partial charge in [0, 0.05) is 19.6 Å². The minimum Gasteiger partial charge on any atom is -0.503 e. The van der Waals surface area contributed by atoms with Gasteiger partial charge in [0.05, 0.1) is 11.9 Å². The number of hydrogen-bond acceptors (Lipinski definition) is 4. The van der Waals surface area contributed by atoms with Crippen molar-refractivity contribution in [2.24, 2.45) is 5.73 Å². The molecule has 0 fully saturated rings. The molecule has 148 valence electrons. The molecule has 3 aromatic rings. The molecule has 0 bridgehead atoms. The first-order valence-electron chi connectivity index (χ1n) is 9.72. The third-order valence-electron chi connectivity index (χ3n) is 5.36. The van der Waals surface area contributed by atoms with Gasteiger partial charge in [-0.3, -0.25) is 14.8 Å². The van der Waals surface area contributed by atoms with E-state index in [2.05, 4.69) is 33.3 Å². The molecular weight excluding hydrogens is 364 g/mol. The Balaban J connectivity index is 1.44. The number of nitrogens with zero attached hydrogens (tertiary/aromatic N) is 2. The molecular formula is C23H24N4O2. The lowest BCUT2D eigenvalue weighted by Crippen LogP contribution is -2.32. The van der Waals surface area contributed by atoms with Crippen molar-refractivity contribution in [3.05, 3.63) is 82.7 Å². The van der Waals surface area contributed by atoms with E-state index in [1.54, 1.807) is 0 Å². The quantitative estimate of drug-likeness (QED) is 0.447. The number of aromatic nitrogens is 2. The minimum atomic E-state index is -0.821. The van der Waals surface area contributed by atoms with Gasteiger partial charge in [-0.15, -0.1) is 0 Å². The number of nitrogens with two attached hydrogens (primary N) is 1. The lowest BCUT2D eigenvalue weighted by Gasteiger charge is -2.29. The van der Waals surface area contributed by atoms with Crippen LogP contribution in [0.4, 0.5) is 0 Å². The Morgan fingerprint density at radius 1 is 1.21 bits per heavy atom. The molecule has 4 rings (SSSR count). The first-order chi connectivity index (χ1) is 14.1. The van der Waals surface area contributed by atoms with Gasteiger partial charge >= 0.3 is 0 Å². The topological polar surface area (TPSA) is 95.2 Å². The number of aliphatic hydroxyl groups is 1. The number of H-pyrrole nitrogens is 1. The van der Waals surface area contributed by atoms with Crippen LogP contribution in [0.3, 0.4) is 0 Å². The summed E-state index contributed by atoms with van der Waals surface area (Å²) in [5.74, 6) is -1.25. The van der Waals surface area contributed by atoms with Crippen molar-refractivity contribution < 1.29 is 9.90 Å². The molecule has 6 heteroatoms. The number of amides is 1. The number of carbonyl (C=O) groups excluding carboxylic acids is 1. The normalized spacial score (nSPS) is 14.6. The highest BCUT2D eigenvalue weighted by Gasteiger charge is 2.17. The Morgan fingerprint density at radius 2 is 2.03 bits per heavy atom. The monoisotopic (exact) mass is 388 g/mol. The number of hydrogen-bond donors (Lipinski definition) is 3. The molecule has 0 atom stereocenters. The van der Waals surface area contributed by atoms with Crippen molar-refractivity contribution in [2.75, 3.05) is 13.1 Å². The van der Waals surface area contributed by atoms with Gasteiger partial charge in [0.1, 0.15) is 0 Å². The number of fused-ring (bicyclic) bond motifs is 1. The maximum Gasteiger partial charge on any atom is 0.283 e. The van der Waals surface area contributed by atoms with Crippen molar-refractivity contribution in [3.63, 3.8) is 0 Å². The van der Waals surface area contributed by atoms with Gasteiger partial charge in [0.15, 0.2) is 5.76 Å². The second-order valence-electron chi connectivity index (χ2n) is 7.33. The number of aromatic amines is 1. The highest BCUT2D eigenvalue weighted by Crippen LogP contribution is 2.24. The highest BCUT2D eigenvalue weighted by molar-refractivity contribution is 5.94. The van der Waals surface area contributed by atoms with E-state index in [0.29, 0.717) is 0 Å². The molecule has 2 aromatic carbocycles. The van der Waals surface area contributed by atoms with E-state index >= 15 is 0 Å². The van der Waals surface area contributed by atoms with E-state index in [4.69, 9.17) is 5.73 Å². The van der Waals surface area contributed by atoms with Crippen LogP contribution in [0, 0.1) is 0 Å². The van der Waals surface area contributed by atoms with Crippen LogP contribution >= 0.6 is 0 Å². The molecule has 0 aliphatic carbocycles.